The van der Waals surface area contributed by atoms with Gasteiger partial charge in [-0.1, -0.05) is 6.07 Å². The summed E-state index contributed by atoms with van der Waals surface area (Å²) in [5.74, 6) is -3.19. The second kappa shape index (κ2) is 5.68. The number of rotatable bonds is 2. The van der Waals surface area contributed by atoms with E-state index in [0.29, 0.717) is 11.3 Å². The Labute approximate surface area is 133 Å². The molecule has 0 aliphatic carbocycles. The first-order valence-electron chi connectivity index (χ1n) is 7.59. The number of cyclic esters (lactones) is 2. The summed E-state index contributed by atoms with van der Waals surface area (Å²) in [5, 5.41) is 0. The van der Waals surface area contributed by atoms with E-state index in [9.17, 15) is 14.0 Å². The monoisotopic (exact) mass is 319 g/mol. The Morgan fingerprint density at radius 2 is 1.74 bits per heavy atom. The fourth-order valence-corrected chi connectivity index (χ4v) is 2.77. The molecule has 2 aliphatic heterocycles. The average molecular weight is 319 g/mol. The molecule has 0 radical (unpaired) electrons. The first kappa shape index (κ1) is 15.5. The van der Waals surface area contributed by atoms with Crippen LogP contribution in [-0.4, -0.2) is 30.8 Å². The minimum atomic E-state index is -1.28. The second-order valence-corrected chi connectivity index (χ2v) is 6.14. The van der Waals surface area contributed by atoms with Gasteiger partial charge in [0.25, 0.3) is 5.79 Å². The number of benzene rings is 1. The summed E-state index contributed by atoms with van der Waals surface area (Å²) in [5.41, 5.74) is 0.714. The molecule has 0 unspecified atom stereocenters. The molecule has 2 saturated heterocycles. The number of anilines is 1. The Morgan fingerprint density at radius 1 is 1.13 bits per heavy atom. The maximum atomic E-state index is 14.3. The molecule has 0 atom stereocenters. The van der Waals surface area contributed by atoms with Crippen LogP contribution in [0, 0.1) is 5.82 Å². The van der Waals surface area contributed by atoms with E-state index in [1.54, 1.807) is 12.1 Å². The lowest BCUT2D eigenvalue weighted by Gasteiger charge is -2.29. The van der Waals surface area contributed by atoms with Gasteiger partial charge in [-0.25, -0.2) is 14.0 Å². The van der Waals surface area contributed by atoms with Crippen LogP contribution in [0.5, 0.6) is 0 Å². The fourth-order valence-electron chi connectivity index (χ4n) is 2.77. The van der Waals surface area contributed by atoms with Crippen molar-refractivity contribution in [3.8, 4) is 0 Å². The van der Waals surface area contributed by atoms with E-state index in [4.69, 9.17) is 9.47 Å². The predicted molar refractivity (Wildman–Crippen MR) is 82.1 cm³/mol. The van der Waals surface area contributed by atoms with Crippen LogP contribution >= 0.6 is 0 Å². The normalized spacial score (nSPS) is 20.3. The number of nitrogens with zero attached hydrogens (tertiary/aromatic N) is 1. The maximum Gasteiger partial charge on any atom is 0.348 e. The van der Waals surface area contributed by atoms with Crippen LogP contribution in [0.2, 0.25) is 0 Å². The molecule has 1 aromatic carbocycles. The Morgan fingerprint density at radius 3 is 2.30 bits per heavy atom. The minimum Gasteiger partial charge on any atom is -0.419 e. The summed E-state index contributed by atoms with van der Waals surface area (Å²) in [4.78, 5) is 25.8. The van der Waals surface area contributed by atoms with E-state index in [1.807, 2.05) is 4.90 Å². The molecule has 122 valence electrons. The van der Waals surface area contributed by atoms with E-state index < -0.39 is 17.7 Å². The van der Waals surface area contributed by atoms with Gasteiger partial charge in [-0.3, -0.25) is 0 Å². The lowest BCUT2D eigenvalue weighted by Crippen LogP contribution is -2.41. The molecule has 0 N–H and O–H groups in total. The van der Waals surface area contributed by atoms with Gasteiger partial charge < -0.3 is 14.4 Å². The first-order valence-corrected chi connectivity index (χ1v) is 7.59. The number of esters is 2. The highest BCUT2D eigenvalue weighted by Crippen LogP contribution is 2.27. The van der Waals surface area contributed by atoms with Gasteiger partial charge in [0.1, 0.15) is 11.4 Å². The average Bonchev–Trinajstić information content (AvgIpc) is 2.96. The highest BCUT2D eigenvalue weighted by Gasteiger charge is 2.38. The predicted octanol–water partition coefficient (Wildman–Crippen LogP) is 2.65. The zero-order valence-electron chi connectivity index (χ0n) is 13.1. The van der Waals surface area contributed by atoms with E-state index in [-0.39, 0.29) is 11.4 Å². The van der Waals surface area contributed by atoms with Gasteiger partial charge in [0, 0.05) is 26.9 Å². The van der Waals surface area contributed by atoms with Gasteiger partial charge in [-0.15, -0.1) is 0 Å². The first-order chi connectivity index (χ1) is 10.9. The molecule has 23 heavy (non-hydrogen) atoms. The number of ether oxygens (including phenoxy) is 2. The molecule has 2 aliphatic rings. The summed E-state index contributed by atoms with van der Waals surface area (Å²) in [6.07, 6.45) is 3.40. The largest absolute Gasteiger partial charge is 0.419 e. The summed E-state index contributed by atoms with van der Waals surface area (Å²) in [7, 11) is 0. The minimum absolute atomic E-state index is 0.238. The Bertz CT molecular complexity index is 668. The van der Waals surface area contributed by atoms with Crippen LogP contribution in [0.15, 0.2) is 23.8 Å². The lowest BCUT2D eigenvalue weighted by atomic mass is 10.1. The third-order valence-electron chi connectivity index (χ3n) is 3.85. The van der Waals surface area contributed by atoms with E-state index in [1.165, 1.54) is 26.0 Å². The molecule has 2 heterocycles. The highest BCUT2D eigenvalue weighted by molar-refractivity contribution is 6.18. The molecule has 0 spiro atoms. The Hall–Kier alpha value is -2.37. The van der Waals surface area contributed by atoms with Gasteiger partial charge in [0.15, 0.2) is 0 Å². The van der Waals surface area contributed by atoms with Crippen LogP contribution in [0.25, 0.3) is 6.08 Å². The third kappa shape index (κ3) is 3.21. The van der Waals surface area contributed by atoms with Crippen molar-refractivity contribution in [3.05, 3.63) is 35.2 Å². The molecule has 0 saturated carbocycles. The van der Waals surface area contributed by atoms with Crippen molar-refractivity contribution in [2.24, 2.45) is 0 Å². The van der Waals surface area contributed by atoms with Crippen molar-refractivity contribution in [3.63, 3.8) is 0 Å². The van der Waals surface area contributed by atoms with Crippen LogP contribution in [0.1, 0.15) is 32.3 Å². The zero-order valence-corrected chi connectivity index (χ0v) is 13.1. The fraction of sp³-hybridized carbons (Fsp3) is 0.412. The quantitative estimate of drug-likeness (QED) is 0.476. The molecule has 0 bridgehead atoms. The second-order valence-electron chi connectivity index (χ2n) is 6.14. The smallest absolute Gasteiger partial charge is 0.348 e. The number of carbonyl (C=O) groups is 2. The Kier molecular flexibility index (Phi) is 3.83. The number of carbonyl (C=O) groups excluding carboxylic acids is 2. The maximum absolute atomic E-state index is 14.3. The van der Waals surface area contributed by atoms with Crippen molar-refractivity contribution in [1.82, 2.24) is 0 Å². The third-order valence-corrected chi connectivity index (χ3v) is 3.85. The molecule has 2 fully saturated rings. The van der Waals surface area contributed by atoms with Gasteiger partial charge >= 0.3 is 11.9 Å². The summed E-state index contributed by atoms with van der Waals surface area (Å²) in [6, 6.07) is 4.64. The molecule has 5 nitrogen and oxygen atoms in total. The van der Waals surface area contributed by atoms with E-state index in [0.717, 1.165) is 25.9 Å². The van der Waals surface area contributed by atoms with Crippen molar-refractivity contribution >= 4 is 23.7 Å². The number of halogens is 1. The van der Waals surface area contributed by atoms with E-state index >= 15 is 0 Å². The van der Waals surface area contributed by atoms with Gasteiger partial charge in [0.2, 0.25) is 0 Å². The SMILES string of the molecule is CC1(C)OC(=O)C(=Cc2ccc(N3CCCC3)c(F)c2)C(=O)O1. The van der Waals surface area contributed by atoms with Crippen molar-refractivity contribution < 1.29 is 23.5 Å². The number of hydrogen-bond donors (Lipinski definition) is 0. The topological polar surface area (TPSA) is 55.8 Å². The lowest BCUT2D eigenvalue weighted by molar-refractivity contribution is -0.222. The zero-order chi connectivity index (χ0) is 16.6. The standard InChI is InChI=1S/C17H18FNO4/c1-17(2)22-15(20)12(16(21)23-17)9-11-5-6-14(13(18)10-11)19-7-3-4-8-19/h5-6,9-10H,3-4,7-8H2,1-2H3. The van der Waals surface area contributed by atoms with Gasteiger partial charge in [-0.2, -0.15) is 0 Å². The van der Waals surface area contributed by atoms with E-state index in [2.05, 4.69) is 0 Å². The summed E-state index contributed by atoms with van der Waals surface area (Å²) in [6.45, 7) is 4.63. The molecule has 1 aromatic rings. The molecular formula is C17H18FNO4. The molecule has 0 amide bonds. The summed E-state index contributed by atoms with van der Waals surface area (Å²) >= 11 is 0. The molecule has 3 rings (SSSR count). The van der Waals surface area contributed by atoms with Crippen LogP contribution in [0.3, 0.4) is 0 Å². The summed E-state index contributed by atoms with van der Waals surface area (Å²) < 4.78 is 24.3. The van der Waals surface area contributed by atoms with Crippen molar-refractivity contribution in [2.75, 3.05) is 18.0 Å². The van der Waals surface area contributed by atoms with Crippen LogP contribution in [0.4, 0.5) is 10.1 Å². The Balaban J connectivity index is 1.86. The highest BCUT2D eigenvalue weighted by atomic mass is 19.1. The van der Waals surface area contributed by atoms with Crippen molar-refractivity contribution in [1.29, 1.82) is 0 Å². The van der Waals surface area contributed by atoms with Crippen molar-refractivity contribution in [2.45, 2.75) is 32.5 Å². The molecule has 0 aromatic heterocycles. The van der Waals surface area contributed by atoms with Gasteiger partial charge in [0.05, 0.1) is 5.69 Å². The van der Waals surface area contributed by atoms with Crippen LogP contribution in [-0.2, 0) is 19.1 Å². The van der Waals surface area contributed by atoms with Crippen LogP contribution < -0.4 is 4.90 Å². The number of hydrogen-bond acceptors (Lipinski definition) is 5. The molecule has 6 heteroatoms. The van der Waals surface area contributed by atoms with Gasteiger partial charge in [-0.05, 0) is 36.6 Å². The molecular weight excluding hydrogens is 301 g/mol.